The number of halogens is 1. The van der Waals surface area contributed by atoms with Crippen molar-refractivity contribution in [3.63, 3.8) is 0 Å². The standard InChI is InChI=1S/C30H32FN3O7/c1-5-41-30(37)26-25(21-7-6-8-23(17-21)34(38)39)24(29(36)40-4)18(2)32(3)28(26)33-15-13-20(14-16-33)27(35)19-9-11-22(31)12-10-19/h6-12,17,20,25H,5,13-16H2,1-4H3. The zero-order chi connectivity index (χ0) is 29.8. The first-order valence-electron chi connectivity index (χ1n) is 13.3. The van der Waals surface area contributed by atoms with E-state index in [1.165, 1.54) is 49.6 Å². The maximum atomic E-state index is 13.6. The number of hydrogen-bond acceptors (Lipinski definition) is 9. The number of esters is 2. The summed E-state index contributed by atoms with van der Waals surface area (Å²) in [5.41, 5.74) is 1.47. The topological polar surface area (TPSA) is 119 Å². The molecule has 0 saturated carbocycles. The Bertz CT molecular complexity index is 1430. The number of piperidine rings is 1. The molecule has 4 rings (SSSR count). The van der Waals surface area contributed by atoms with Gasteiger partial charge in [0.05, 0.1) is 35.7 Å². The maximum absolute atomic E-state index is 13.6. The van der Waals surface area contributed by atoms with Crippen LogP contribution in [0.15, 0.2) is 71.2 Å². The number of benzene rings is 2. The van der Waals surface area contributed by atoms with Crippen LogP contribution >= 0.6 is 0 Å². The molecule has 0 aliphatic carbocycles. The van der Waals surface area contributed by atoms with E-state index in [0.717, 1.165) is 0 Å². The van der Waals surface area contributed by atoms with Crippen molar-refractivity contribution in [2.24, 2.45) is 5.92 Å². The summed E-state index contributed by atoms with van der Waals surface area (Å²) in [5, 5.41) is 11.6. The fourth-order valence-electron chi connectivity index (χ4n) is 5.53. The minimum Gasteiger partial charge on any atom is -0.466 e. The Labute approximate surface area is 237 Å². The lowest BCUT2D eigenvalue weighted by Crippen LogP contribution is -2.45. The molecule has 0 amide bonds. The van der Waals surface area contributed by atoms with Crippen LogP contribution in [0.1, 0.15) is 48.5 Å². The molecule has 0 spiro atoms. The lowest BCUT2D eigenvalue weighted by atomic mass is 9.80. The van der Waals surface area contributed by atoms with E-state index in [1.807, 2.05) is 4.90 Å². The van der Waals surface area contributed by atoms with Crippen LogP contribution in [-0.4, -0.2) is 66.3 Å². The van der Waals surface area contributed by atoms with Gasteiger partial charge in [0.1, 0.15) is 11.6 Å². The van der Waals surface area contributed by atoms with Crippen molar-refractivity contribution in [3.05, 3.63) is 98.3 Å². The Hall–Kier alpha value is -4.54. The molecule has 0 aromatic heterocycles. The number of ether oxygens (including phenoxy) is 2. The molecule has 0 bridgehead atoms. The van der Waals surface area contributed by atoms with Gasteiger partial charge in [0.15, 0.2) is 5.78 Å². The molecule has 216 valence electrons. The van der Waals surface area contributed by atoms with Crippen LogP contribution in [-0.2, 0) is 19.1 Å². The summed E-state index contributed by atoms with van der Waals surface area (Å²) in [6.07, 6.45) is 0.968. The van der Waals surface area contributed by atoms with Crippen LogP contribution in [0.2, 0.25) is 0 Å². The molecule has 0 radical (unpaired) electrons. The highest BCUT2D eigenvalue weighted by Crippen LogP contribution is 2.44. The summed E-state index contributed by atoms with van der Waals surface area (Å²) in [4.78, 5) is 54.6. The lowest BCUT2D eigenvalue weighted by Gasteiger charge is -2.44. The van der Waals surface area contributed by atoms with Crippen molar-refractivity contribution >= 4 is 23.4 Å². The number of rotatable bonds is 8. The van der Waals surface area contributed by atoms with Crippen LogP contribution in [0.4, 0.5) is 10.1 Å². The second-order valence-corrected chi connectivity index (χ2v) is 9.93. The Balaban J connectivity index is 1.78. The van der Waals surface area contributed by atoms with Gasteiger partial charge < -0.3 is 19.3 Å². The van der Waals surface area contributed by atoms with Gasteiger partial charge in [0.2, 0.25) is 0 Å². The molecule has 2 heterocycles. The monoisotopic (exact) mass is 565 g/mol. The molecular weight excluding hydrogens is 533 g/mol. The molecule has 2 aromatic rings. The van der Waals surface area contributed by atoms with E-state index in [2.05, 4.69) is 0 Å². The average Bonchev–Trinajstić information content (AvgIpc) is 2.98. The zero-order valence-corrected chi connectivity index (χ0v) is 23.4. The molecule has 1 unspecified atom stereocenters. The Morgan fingerprint density at radius 2 is 1.71 bits per heavy atom. The second kappa shape index (κ2) is 12.3. The van der Waals surface area contributed by atoms with Gasteiger partial charge in [-0.05, 0) is 56.5 Å². The third kappa shape index (κ3) is 5.84. The van der Waals surface area contributed by atoms with Crippen molar-refractivity contribution in [2.45, 2.75) is 32.6 Å². The molecule has 41 heavy (non-hydrogen) atoms. The predicted octanol–water partition coefficient (Wildman–Crippen LogP) is 4.58. The summed E-state index contributed by atoms with van der Waals surface area (Å²) >= 11 is 0. The maximum Gasteiger partial charge on any atom is 0.338 e. The second-order valence-electron chi connectivity index (χ2n) is 9.93. The average molecular weight is 566 g/mol. The molecule has 1 saturated heterocycles. The van der Waals surface area contributed by atoms with Gasteiger partial charge in [-0.3, -0.25) is 14.9 Å². The quantitative estimate of drug-likeness (QED) is 0.196. The summed E-state index contributed by atoms with van der Waals surface area (Å²) in [6, 6.07) is 11.3. The Kier molecular flexibility index (Phi) is 8.85. The van der Waals surface area contributed by atoms with Crippen molar-refractivity contribution in [2.75, 3.05) is 33.9 Å². The number of carbonyl (C=O) groups is 3. The van der Waals surface area contributed by atoms with Crippen molar-refractivity contribution in [1.82, 2.24) is 9.80 Å². The molecule has 2 aromatic carbocycles. The van der Waals surface area contributed by atoms with Gasteiger partial charge >= 0.3 is 11.9 Å². The molecule has 1 atom stereocenters. The van der Waals surface area contributed by atoms with E-state index >= 15 is 0 Å². The van der Waals surface area contributed by atoms with E-state index in [1.54, 1.807) is 31.9 Å². The van der Waals surface area contributed by atoms with Gasteiger partial charge in [-0.25, -0.2) is 14.0 Å². The van der Waals surface area contributed by atoms with Crippen LogP contribution < -0.4 is 0 Å². The van der Waals surface area contributed by atoms with Crippen molar-refractivity contribution < 1.29 is 33.2 Å². The van der Waals surface area contributed by atoms with E-state index in [9.17, 15) is 28.9 Å². The first-order valence-corrected chi connectivity index (χ1v) is 13.3. The third-order valence-electron chi connectivity index (χ3n) is 7.64. The number of non-ortho nitro benzene ring substituents is 1. The molecule has 0 N–H and O–H groups in total. The number of Topliss-reactive ketones (excluding diaryl/α,β-unsaturated/α-hetero) is 1. The summed E-state index contributed by atoms with van der Waals surface area (Å²) < 4.78 is 23.9. The third-order valence-corrected chi connectivity index (χ3v) is 7.64. The number of methoxy groups -OCH3 is 1. The van der Waals surface area contributed by atoms with E-state index in [4.69, 9.17) is 9.47 Å². The number of ketones is 1. The van der Waals surface area contributed by atoms with E-state index in [0.29, 0.717) is 48.6 Å². The number of nitrogens with zero attached hydrogens (tertiary/aromatic N) is 3. The van der Waals surface area contributed by atoms with Gasteiger partial charge in [-0.2, -0.15) is 0 Å². The number of nitro benzene ring substituents is 1. The number of carbonyl (C=O) groups excluding carboxylic acids is 3. The molecule has 11 heteroatoms. The first-order chi connectivity index (χ1) is 19.6. The lowest BCUT2D eigenvalue weighted by molar-refractivity contribution is -0.384. The SMILES string of the molecule is CCOC(=O)C1=C(N2CCC(C(=O)c3ccc(F)cc3)CC2)N(C)C(C)=C(C(=O)OC)C1c1cccc([N+](=O)[O-])c1. The summed E-state index contributed by atoms with van der Waals surface area (Å²) in [7, 11) is 2.96. The van der Waals surface area contributed by atoms with Crippen molar-refractivity contribution in [3.8, 4) is 0 Å². The molecule has 2 aliphatic heterocycles. The van der Waals surface area contributed by atoms with Gasteiger partial charge in [0, 0.05) is 49.4 Å². The van der Waals surface area contributed by atoms with Crippen LogP contribution in [0.25, 0.3) is 0 Å². The molecular formula is C30H32FN3O7. The smallest absolute Gasteiger partial charge is 0.338 e. The minimum atomic E-state index is -0.994. The fourth-order valence-corrected chi connectivity index (χ4v) is 5.53. The van der Waals surface area contributed by atoms with Gasteiger partial charge in [-0.15, -0.1) is 0 Å². The summed E-state index contributed by atoms with van der Waals surface area (Å²) in [6.45, 7) is 4.31. The Morgan fingerprint density at radius 1 is 1.05 bits per heavy atom. The van der Waals surface area contributed by atoms with Crippen LogP contribution in [0, 0.1) is 21.8 Å². The molecule has 1 fully saturated rings. The number of hydrogen-bond donors (Lipinski definition) is 0. The van der Waals surface area contributed by atoms with E-state index < -0.39 is 28.6 Å². The predicted molar refractivity (Wildman–Crippen MR) is 147 cm³/mol. The highest BCUT2D eigenvalue weighted by atomic mass is 19.1. The Morgan fingerprint density at radius 3 is 2.29 bits per heavy atom. The van der Waals surface area contributed by atoms with Crippen LogP contribution in [0.3, 0.4) is 0 Å². The van der Waals surface area contributed by atoms with Crippen LogP contribution in [0.5, 0.6) is 0 Å². The summed E-state index contributed by atoms with van der Waals surface area (Å²) in [5.74, 6) is -2.60. The van der Waals surface area contributed by atoms with Crippen molar-refractivity contribution in [1.29, 1.82) is 0 Å². The fraction of sp³-hybridized carbons (Fsp3) is 0.367. The number of allylic oxidation sites excluding steroid dienone is 1. The number of nitro groups is 1. The van der Waals surface area contributed by atoms with Gasteiger partial charge in [-0.1, -0.05) is 12.1 Å². The van der Waals surface area contributed by atoms with E-state index in [-0.39, 0.29) is 35.1 Å². The number of likely N-dealkylation sites (tertiary alicyclic amines) is 1. The zero-order valence-electron chi connectivity index (χ0n) is 23.4. The molecule has 10 nitrogen and oxygen atoms in total. The van der Waals surface area contributed by atoms with Gasteiger partial charge in [0.25, 0.3) is 5.69 Å². The normalized spacial score (nSPS) is 17.9. The highest BCUT2D eigenvalue weighted by Gasteiger charge is 2.43. The minimum absolute atomic E-state index is 0.0697. The first kappa shape index (κ1) is 29.4. The largest absolute Gasteiger partial charge is 0.466 e. The highest BCUT2D eigenvalue weighted by molar-refractivity contribution is 6.00. The molecule has 2 aliphatic rings.